The molecule has 0 aromatic heterocycles. The van der Waals surface area contributed by atoms with Crippen LogP contribution in [0, 0.1) is 6.92 Å². The minimum Gasteiger partial charge on any atom is -0.491 e. The number of ether oxygens (including phenoxy) is 1. The molecule has 1 heterocycles. The monoisotopic (exact) mass is 541 g/mol. The Morgan fingerprint density at radius 1 is 1.05 bits per heavy atom. The number of hydrogen-bond acceptors (Lipinski definition) is 3. The summed E-state index contributed by atoms with van der Waals surface area (Å²) in [6.07, 6.45) is 0.273. The highest BCUT2D eigenvalue weighted by Gasteiger charge is 2.35. The molecule has 3 aromatic rings. The average molecular weight is 542 g/mol. The van der Waals surface area contributed by atoms with Gasteiger partial charge in [-0.25, -0.2) is 4.39 Å². The van der Waals surface area contributed by atoms with Gasteiger partial charge >= 0.3 is 12.1 Å². The highest BCUT2D eigenvalue weighted by Crippen LogP contribution is 2.38. The van der Waals surface area contributed by atoms with E-state index in [9.17, 15) is 27.5 Å². The summed E-state index contributed by atoms with van der Waals surface area (Å²) in [5.41, 5.74) is 2.88. The van der Waals surface area contributed by atoms with Gasteiger partial charge in [-0.15, -0.1) is 0 Å². The van der Waals surface area contributed by atoms with Crippen LogP contribution in [0.2, 0.25) is 0 Å². The second-order valence-corrected chi connectivity index (χ2v) is 9.62. The molecule has 1 aliphatic heterocycles. The summed E-state index contributed by atoms with van der Waals surface area (Å²) in [7, 11) is 0. The van der Waals surface area contributed by atoms with E-state index in [1.165, 1.54) is 12.1 Å². The molecule has 3 aromatic carbocycles. The van der Waals surface area contributed by atoms with Crippen molar-refractivity contribution in [3.05, 3.63) is 88.5 Å². The SMILES string of the molecule is Cc1c(C=Cc2cc(OCCF)c(CN3CCCCC3C(=O)O)cc2C(F)(F)F)cccc1-c1ccccc1. The highest BCUT2D eigenvalue weighted by atomic mass is 19.4. The van der Waals surface area contributed by atoms with Gasteiger partial charge in [0.05, 0.1) is 5.56 Å². The molecule has 0 saturated carbocycles. The average Bonchev–Trinajstić information content (AvgIpc) is 2.92. The Labute approximate surface area is 225 Å². The Hall–Kier alpha value is -3.65. The van der Waals surface area contributed by atoms with Crippen LogP contribution in [0.25, 0.3) is 23.3 Å². The van der Waals surface area contributed by atoms with Gasteiger partial charge < -0.3 is 9.84 Å². The highest BCUT2D eigenvalue weighted by molar-refractivity contribution is 5.78. The van der Waals surface area contributed by atoms with Gasteiger partial charge in [0.1, 0.15) is 25.1 Å². The number of carboxylic acid groups (broad SMARTS) is 1. The number of carboxylic acids is 1. The first-order valence-corrected chi connectivity index (χ1v) is 12.9. The molecule has 206 valence electrons. The van der Waals surface area contributed by atoms with Gasteiger partial charge in [0, 0.05) is 12.1 Å². The predicted molar refractivity (Wildman–Crippen MR) is 144 cm³/mol. The molecule has 0 radical (unpaired) electrons. The number of carbonyl (C=O) groups is 1. The Morgan fingerprint density at radius 3 is 2.49 bits per heavy atom. The van der Waals surface area contributed by atoms with E-state index in [4.69, 9.17) is 4.74 Å². The first-order chi connectivity index (χ1) is 18.7. The standard InChI is InChI=1S/C31H31F4NO3/c1-21-22(10-7-11-26(21)23-8-3-2-4-9-23)13-14-24-19-29(39-17-15-32)25(18-27(24)31(33,34)35)20-36-16-6-5-12-28(36)30(37)38/h2-4,7-11,13-14,18-19,28H,5-6,12,15-17,20H2,1H3,(H,37,38). The summed E-state index contributed by atoms with van der Waals surface area (Å²) in [5, 5.41) is 9.61. The van der Waals surface area contributed by atoms with Crippen molar-refractivity contribution < 1.29 is 32.2 Å². The van der Waals surface area contributed by atoms with Crippen LogP contribution in [0.4, 0.5) is 17.6 Å². The minimum absolute atomic E-state index is 0.0378. The first kappa shape index (κ1) is 28.4. The van der Waals surface area contributed by atoms with Gasteiger partial charge in [0.2, 0.25) is 0 Å². The fraction of sp³-hybridized carbons (Fsp3) is 0.323. The van der Waals surface area contributed by atoms with E-state index in [-0.39, 0.29) is 30.0 Å². The molecule has 0 amide bonds. The first-order valence-electron chi connectivity index (χ1n) is 12.9. The smallest absolute Gasteiger partial charge is 0.417 e. The Bertz CT molecular complexity index is 1320. The third kappa shape index (κ3) is 6.87. The van der Waals surface area contributed by atoms with Crippen LogP contribution in [0.1, 0.15) is 47.1 Å². The molecule has 4 rings (SSSR count). The van der Waals surface area contributed by atoms with Crippen molar-refractivity contribution in [2.45, 2.75) is 44.9 Å². The van der Waals surface area contributed by atoms with Crippen molar-refractivity contribution >= 4 is 18.1 Å². The van der Waals surface area contributed by atoms with Gasteiger partial charge in [-0.1, -0.05) is 67.1 Å². The number of alkyl halides is 4. The van der Waals surface area contributed by atoms with E-state index in [2.05, 4.69) is 0 Å². The molecule has 0 bridgehead atoms. The van der Waals surface area contributed by atoms with Crippen molar-refractivity contribution in [2.75, 3.05) is 19.8 Å². The van der Waals surface area contributed by atoms with Crippen LogP contribution in [0.3, 0.4) is 0 Å². The number of rotatable bonds is 9. The van der Waals surface area contributed by atoms with E-state index in [1.807, 2.05) is 55.5 Å². The summed E-state index contributed by atoms with van der Waals surface area (Å²) in [6.45, 7) is 1.20. The summed E-state index contributed by atoms with van der Waals surface area (Å²) >= 11 is 0. The molecular formula is C31H31F4NO3. The Morgan fingerprint density at radius 2 is 1.79 bits per heavy atom. The molecule has 39 heavy (non-hydrogen) atoms. The van der Waals surface area contributed by atoms with E-state index in [0.717, 1.165) is 41.2 Å². The molecule has 4 nitrogen and oxygen atoms in total. The van der Waals surface area contributed by atoms with Crippen LogP contribution < -0.4 is 4.74 Å². The number of likely N-dealkylation sites (tertiary alicyclic amines) is 1. The normalized spacial score (nSPS) is 16.5. The lowest BCUT2D eigenvalue weighted by Crippen LogP contribution is -2.44. The number of halogens is 4. The summed E-state index contributed by atoms with van der Waals surface area (Å²) < 4.78 is 61.3. The predicted octanol–water partition coefficient (Wildman–Crippen LogP) is 7.64. The summed E-state index contributed by atoms with van der Waals surface area (Å²) in [4.78, 5) is 13.4. The van der Waals surface area contributed by atoms with Crippen molar-refractivity contribution in [3.8, 4) is 16.9 Å². The van der Waals surface area contributed by atoms with E-state index in [0.29, 0.717) is 13.0 Å². The van der Waals surface area contributed by atoms with Crippen molar-refractivity contribution in [1.29, 1.82) is 0 Å². The van der Waals surface area contributed by atoms with Crippen molar-refractivity contribution in [1.82, 2.24) is 4.90 Å². The Balaban J connectivity index is 1.74. The van der Waals surface area contributed by atoms with Crippen LogP contribution >= 0.6 is 0 Å². The zero-order chi connectivity index (χ0) is 28.0. The summed E-state index contributed by atoms with van der Waals surface area (Å²) in [6, 6.07) is 16.9. The molecule has 0 spiro atoms. The maximum atomic E-state index is 14.2. The minimum atomic E-state index is -4.66. The molecule has 1 aliphatic rings. The topological polar surface area (TPSA) is 49.8 Å². The molecule has 1 N–H and O–H groups in total. The quantitative estimate of drug-likeness (QED) is 0.223. The van der Waals surface area contributed by atoms with Crippen LogP contribution in [-0.4, -0.2) is 41.8 Å². The zero-order valence-corrected chi connectivity index (χ0v) is 21.7. The molecular weight excluding hydrogens is 510 g/mol. The largest absolute Gasteiger partial charge is 0.491 e. The second kappa shape index (κ2) is 12.5. The molecule has 1 unspecified atom stereocenters. The number of hydrogen-bond donors (Lipinski definition) is 1. The van der Waals surface area contributed by atoms with E-state index >= 15 is 0 Å². The molecule has 8 heteroatoms. The lowest BCUT2D eigenvalue weighted by molar-refractivity contribution is -0.145. The maximum Gasteiger partial charge on any atom is 0.417 e. The maximum absolute atomic E-state index is 14.2. The third-order valence-corrected chi connectivity index (χ3v) is 7.05. The molecule has 1 fully saturated rings. The number of aliphatic carboxylic acids is 1. The zero-order valence-electron chi connectivity index (χ0n) is 21.7. The lowest BCUT2D eigenvalue weighted by Gasteiger charge is -2.33. The second-order valence-electron chi connectivity index (χ2n) is 9.62. The molecule has 0 aliphatic carbocycles. The van der Waals surface area contributed by atoms with Gasteiger partial charge in [0.25, 0.3) is 0 Å². The van der Waals surface area contributed by atoms with Crippen LogP contribution in [0.5, 0.6) is 5.75 Å². The molecule has 1 saturated heterocycles. The van der Waals surface area contributed by atoms with Crippen molar-refractivity contribution in [2.24, 2.45) is 0 Å². The van der Waals surface area contributed by atoms with Crippen molar-refractivity contribution in [3.63, 3.8) is 0 Å². The third-order valence-electron chi connectivity index (χ3n) is 7.05. The van der Waals surface area contributed by atoms with Crippen LogP contribution in [-0.2, 0) is 17.5 Å². The summed E-state index contributed by atoms with van der Waals surface area (Å²) in [5.74, 6) is -0.894. The lowest BCUT2D eigenvalue weighted by atomic mass is 9.95. The Kier molecular flexibility index (Phi) is 9.07. The number of piperidine rings is 1. The van der Waals surface area contributed by atoms with Gasteiger partial charge in [-0.2, -0.15) is 13.2 Å². The fourth-order valence-electron chi connectivity index (χ4n) is 5.05. The van der Waals surface area contributed by atoms with E-state index < -0.39 is 30.4 Å². The van der Waals surface area contributed by atoms with Gasteiger partial charge in [-0.3, -0.25) is 9.69 Å². The number of benzene rings is 3. The molecule has 1 atom stereocenters. The van der Waals surface area contributed by atoms with Gasteiger partial charge in [0.15, 0.2) is 0 Å². The number of nitrogens with zero attached hydrogens (tertiary/aromatic N) is 1. The van der Waals surface area contributed by atoms with Crippen LogP contribution in [0.15, 0.2) is 60.7 Å². The van der Waals surface area contributed by atoms with E-state index in [1.54, 1.807) is 11.0 Å². The van der Waals surface area contributed by atoms with Gasteiger partial charge in [-0.05, 0) is 66.3 Å². The fourth-order valence-corrected chi connectivity index (χ4v) is 5.05.